The summed E-state index contributed by atoms with van der Waals surface area (Å²) >= 11 is 0. The Morgan fingerprint density at radius 3 is 3.10 bits per heavy atom. The lowest BCUT2D eigenvalue weighted by Gasteiger charge is -2.28. The molecule has 0 radical (unpaired) electrons. The summed E-state index contributed by atoms with van der Waals surface area (Å²) in [4.78, 5) is 11.7. The van der Waals surface area contributed by atoms with Gasteiger partial charge >= 0.3 is 0 Å². The molecule has 5 nitrogen and oxygen atoms in total. The standard InChI is InChI=1S/C15H22N2O3/c1-11-4-3-5-13(6-11)17-15(18)10-19-9-14-8-16-7-12(2)20-14/h3-6,12,14,16H,7-10H2,1-2H3,(H,17,18). The van der Waals surface area contributed by atoms with E-state index in [0.717, 1.165) is 24.3 Å². The number of hydrogen-bond donors (Lipinski definition) is 2. The Balaban J connectivity index is 1.67. The molecule has 0 bridgehead atoms. The number of morpholine rings is 1. The van der Waals surface area contributed by atoms with Gasteiger partial charge in [0.15, 0.2) is 0 Å². The van der Waals surface area contributed by atoms with Crippen molar-refractivity contribution in [3.63, 3.8) is 0 Å². The van der Waals surface area contributed by atoms with E-state index in [-0.39, 0.29) is 24.7 Å². The Bertz CT molecular complexity index is 450. The van der Waals surface area contributed by atoms with E-state index in [1.165, 1.54) is 0 Å². The zero-order chi connectivity index (χ0) is 14.4. The van der Waals surface area contributed by atoms with Crippen LogP contribution in [0.3, 0.4) is 0 Å². The van der Waals surface area contributed by atoms with Crippen molar-refractivity contribution in [1.29, 1.82) is 0 Å². The molecule has 1 aliphatic rings. The van der Waals surface area contributed by atoms with Crippen molar-refractivity contribution in [1.82, 2.24) is 5.32 Å². The molecule has 1 fully saturated rings. The minimum Gasteiger partial charge on any atom is -0.370 e. The fraction of sp³-hybridized carbons (Fsp3) is 0.533. The Kier molecular flexibility index (Phi) is 5.52. The zero-order valence-electron chi connectivity index (χ0n) is 12.0. The van der Waals surface area contributed by atoms with Gasteiger partial charge in [0.2, 0.25) is 5.91 Å². The van der Waals surface area contributed by atoms with Gasteiger partial charge in [0, 0.05) is 18.8 Å². The molecule has 2 N–H and O–H groups in total. The smallest absolute Gasteiger partial charge is 0.250 e. The molecule has 1 aromatic rings. The third-order valence-electron chi connectivity index (χ3n) is 3.07. The molecule has 5 heteroatoms. The van der Waals surface area contributed by atoms with Gasteiger partial charge < -0.3 is 20.1 Å². The second-order valence-corrected chi connectivity index (χ2v) is 5.16. The summed E-state index contributed by atoms with van der Waals surface area (Å²) in [5.41, 5.74) is 1.90. The summed E-state index contributed by atoms with van der Waals surface area (Å²) in [6.45, 7) is 6.11. The van der Waals surface area contributed by atoms with Crippen molar-refractivity contribution < 1.29 is 14.3 Å². The van der Waals surface area contributed by atoms with Crippen LogP contribution < -0.4 is 10.6 Å². The molecule has 1 aromatic carbocycles. The summed E-state index contributed by atoms with van der Waals surface area (Å²) in [5.74, 6) is -0.146. The number of benzene rings is 1. The van der Waals surface area contributed by atoms with Gasteiger partial charge in [0.1, 0.15) is 6.61 Å². The summed E-state index contributed by atoms with van der Waals surface area (Å²) in [7, 11) is 0. The molecule has 0 aromatic heterocycles. The molecule has 2 atom stereocenters. The second-order valence-electron chi connectivity index (χ2n) is 5.16. The normalized spacial score (nSPS) is 22.5. The van der Waals surface area contributed by atoms with Crippen molar-refractivity contribution in [3.8, 4) is 0 Å². The highest BCUT2D eigenvalue weighted by Crippen LogP contribution is 2.09. The quantitative estimate of drug-likeness (QED) is 0.853. The molecule has 20 heavy (non-hydrogen) atoms. The van der Waals surface area contributed by atoms with Crippen LogP contribution in [0.4, 0.5) is 5.69 Å². The third kappa shape index (κ3) is 4.92. The minimum atomic E-state index is -0.146. The van der Waals surface area contributed by atoms with Crippen LogP contribution in [0, 0.1) is 6.92 Å². The van der Waals surface area contributed by atoms with E-state index in [9.17, 15) is 4.79 Å². The lowest BCUT2D eigenvalue weighted by atomic mass is 10.2. The van der Waals surface area contributed by atoms with Gasteiger partial charge in [0.05, 0.1) is 18.8 Å². The first-order valence-electron chi connectivity index (χ1n) is 6.94. The number of carbonyl (C=O) groups excluding carboxylic acids is 1. The number of amides is 1. The molecule has 1 heterocycles. The Labute approximate surface area is 119 Å². The lowest BCUT2D eigenvalue weighted by Crippen LogP contribution is -2.45. The zero-order valence-corrected chi connectivity index (χ0v) is 12.0. The van der Waals surface area contributed by atoms with E-state index in [1.807, 2.05) is 38.1 Å². The maximum atomic E-state index is 11.7. The highest BCUT2D eigenvalue weighted by molar-refractivity contribution is 5.91. The van der Waals surface area contributed by atoms with Gasteiger partial charge in [-0.2, -0.15) is 0 Å². The van der Waals surface area contributed by atoms with E-state index < -0.39 is 0 Å². The van der Waals surface area contributed by atoms with Crippen molar-refractivity contribution in [3.05, 3.63) is 29.8 Å². The van der Waals surface area contributed by atoms with E-state index in [2.05, 4.69) is 10.6 Å². The Morgan fingerprint density at radius 2 is 2.35 bits per heavy atom. The number of anilines is 1. The lowest BCUT2D eigenvalue weighted by molar-refractivity contribution is -0.123. The van der Waals surface area contributed by atoms with Crippen LogP contribution in [0.2, 0.25) is 0 Å². The predicted molar refractivity (Wildman–Crippen MR) is 77.8 cm³/mol. The second kappa shape index (κ2) is 7.38. The molecular formula is C15H22N2O3. The largest absolute Gasteiger partial charge is 0.370 e. The van der Waals surface area contributed by atoms with Gasteiger partial charge in [0.25, 0.3) is 0 Å². The number of ether oxygens (including phenoxy) is 2. The maximum absolute atomic E-state index is 11.7. The number of carbonyl (C=O) groups is 1. The highest BCUT2D eigenvalue weighted by atomic mass is 16.5. The summed E-state index contributed by atoms with van der Waals surface area (Å²) in [6.07, 6.45) is 0.212. The van der Waals surface area contributed by atoms with Crippen LogP contribution >= 0.6 is 0 Å². The maximum Gasteiger partial charge on any atom is 0.250 e. The van der Waals surface area contributed by atoms with Crippen molar-refractivity contribution in [2.45, 2.75) is 26.1 Å². The fourth-order valence-corrected chi connectivity index (χ4v) is 2.17. The van der Waals surface area contributed by atoms with E-state index in [0.29, 0.717) is 6.61 Å². The molecule has 1 amide bonds. The molecular weight excluding hydrogens is 256 g/mol. The topological polar surface area (TPSA) is 59.6 Å². The van der Waals surface area contributed by atoms with Crippen LogP contribution in [0.5, 0.6) is 0 Å². The molecule has 0 spiro atoms. The average Bonchev–Trinajstić information content (AvgIpc) is 2.38. The minimum absolute atomic E-state index is 0.0190. The number of hydrogen-bond acceptors (Lipinski definition) is 4. The molecule has 2 rings (SSSR count). The fourth-order valence-electron chi connectivity index (χ4n) is 2.17. The van der Waals surface area contributed by atoms with Crippen LogP contribution in [-0.4, -0.2) is 44.4 Å². The summed E-state index contributed by atoms with van der Waals surface area (Å²) < 4.78 is 11.1. The Hall–Kier alpha value is -1.43. The first-order valence-corrected chi connectivity index (χ1v) is 6.94. The monoisotopic (exact) mass is 278 g/mol. The van der Waals surface area contributed by atoms with Gasteiger partial charge in [-0.1, -0.05) is 12.1 Å². The van der Waals surface area contributed by atoms with Crippen molar-refractivity contribution in [2.75, 3.05) is 31.6 Å². The van der Waals surface area contributed by atoms with Crippen LogP contribution in [0.15, 0.2) is 24.3 Å². The van der Waals surface area contributed by atoms with Crippen LogP contribution in [0.1, 0.15) is 12.5 Å². The van der Waals surface area contributed by atoms with Gasteiger partial charge in [-0.3, -0.25) is 4.79 Å². The van der Waals surface area contributed by atoms with Crippen molar-refractivity contribution in [2.24, 2.45) is 0 Å². The average molecular weight is 278 g/mol. The van der Waals surface area contributed by atoms with Crippen molar-refractivity contribution >= 4 is 11.6 Å². The van der Waals surface area contributed by atoms with Gasteiger partial charge in [-0.05, 0) is 31.5 Å². The first-order chi connectivity index (χ1) is 9.63. The predicted octanol–water partition coefficient (Wildman–Crippen LogP) is 1.33. The summed E-state index contributed by atoms with van der Waals surface area (Å²) in [5, 5.41) is 6.07. The van der Waals surface area contributed by atoms with Gasteiger partial charge in [-0.15, -0.1) is 0 Å². The highest BCUT2D eigenvalue weighted by Gasteiger charge is 2.18. The Morgan fingerprint density at radius 1 is 1.50 bits per heavy atom. The van der Waals surface area contributed by atoms with E-state index in [4.69, 9.17) is 9.47 Å². The number of rotatable bonds is 5. The third-order valence-corrected chi connectivity index (χ3v) is 3.07. The molecule has 110 valence electrons. The summed E-state index contributed by atoms with van der Waals surface area (Å²) in [6, 6.07) is 7.68. The SMILES string of the molecule is Cc1cccc(NC(=O)COCC2CNCC(C)O2)c1. The number of aryl methyl sites for hydroxylation is 1. The van der Waals surface area contributed by atoms with E-state index in [1.54, 1.807) is 0 Å². The first kappa shape index (κ1) is 15.0. The van der Waals surface area contributed by atoms with Crippen LogP contribution in [-0.2, 0) is 14.3 Å². The molecule has 0 saturated carbocycles. The van der Waals surface area contributed by atoms with Gasteiger partial charge in [-0.25, -0.2) is 0 Å². The van der Waals surface area contributed by atoms with E-state index >= 15 is 0 Å². The molecule has 0 aliphatic carbocycles. The molecule has 1 saturated heterocycles. The molecule has 2 unspecified atom stereocenters. The number of nitrogens with one attached hydrogen (secondary N) is 2. The van der Waals surface area contributed by atoms with Crippen LogP contribution in [0.25, 0.3) is 0 Å². The molecule has 1 aliphatic heterocycles.